The van der Waals surface area contributed by atoms with Crippen LogP contribution in [0.25, 0.3) is 10.8 Å². The molecule has 0 fully saturated rings. The van der Waals surface area contributed by atoms with Crippen molar-refractivity contribution in [1.29, 1.82) is 0 Å². The third-order valence-electron chi connectivity index (χ3n) is 3.89. The molecule has 0 aliphatic rings. The molecule has 138 valence electrons. The van der Waals surface area contributed by atoms with Crippen molar-refractivity contribution in [3.8, 4) is 0 Å². The highest BCUT2D eigenvalue weighted by atomic mass is 35.5. The molecule has 0 atom stereocenters. The Balaban J connectivity index is 1.55. The van der Waals surface area contributed by atoms with Gasteiger partial charge < -0.3 is 10.1 Å². The van der Waals surface area contributed by atoms with Crippen LogP contribution in [-0.2, 0) is 20.7 Å². The lowest BCUT2D eigenvalue weighted by Crippen LogP contribution is -2.22. The smallest absolute Gasteiger partial charge is 0.310 e. The van der Waals surface area contributed by atoms with Crippen LogP contribution in [0.2, 0.25) is 10.0 Å². The van der Waals surface area contributed by atoms with Gasteiger partial charge in [0.05, 0.1) is 22.2 Å². The topological polar surface area (TPSA) is 68.3 Å². The van der Waals surface area contributed by atoms with E-state index in [2.05, 4.69) is 10.3 Å². The summed E-state index contributed by atoms with van der Waals surface area (Å²) in [4.78, 5) is 28.1. The lowest BCUT2D eigenvalue weighted by molar-refractivity contribution is -0.146. The largest absolute Gasteiger partial charge is 0.455 e. The van der Waals surface area contributed by atoms with E-state index in [1.54, 1.807) is 6.92 Å². The number of nitrogens with zero attached hydrogens (tertiary/aromatic N) is 1. The van der Waals surface area contributed by atoms with E-state index in [9.17, 15) is 9.59 Å². The molecule has 3 aromatic rings. The van der Waals surface area contributed by atoms with Gasteiger partial charge >= 0.3 is 5.97 Å². The molecule has 0 saturated heterocycles. The number of amides is 1. The summed E-state index contributed by atoms with van der Waals surface area (Å²) in [6.45, 7) is 1.27. The number of aromatic nitrogens is 1. The molecule has 1 heterocycles. The summed E-state index contributed by atoms with van der Waals surface area (Å²) in [6.07, 6.45) is 0.0805. The van der Waals surface area contributed by atoms with Gasteiger partial charge in [-0.1, -0.05) is 65.7 Å². The summed E-state index contributed by atoms with van der Waals surface area (Å²) in [7, 11) is 0. The number of nitrogens with one attached hydrogen (secondary N) is 1. The number of benzene rings is 2. The third kappa shape index (κ3) is 4.96. The average molecular weight is 403 g/mol. The van der Waals surface area contributed by atoms with Crippen LogP contribution < -0.4 is 5.32 Å². The third-order valence-corrected chi connectivity index (χ3v) is 4.56. The number of carbonyl (C=O) groups is 2. The maximum absolute atomic E-state index is 12.0. The highest BCUT2D eigenvalue weighted by Crippen LogP contribution is 2.25. The molecule has 2 aromatic carbocycles. The van der Waals surface area contributed by atoms with Crippen LogP contribution in [0.5, 0.6) is 0 Å². The molecule has 0 radical (unpaired) electrons. The molecule has 3 rings (SSSR count). The molecule has 1 amide bonds. The number of hydrogen-bond donors (Lipinski definition) is 1. The van der Waals surface area contributed by atoms with E-state index < -0.39 is 18.5 Å². The first-order chi connectivity index (χ1) is 12.9. The molecular weight excluding hydrogens is 387 g/mol. The number of esters is 1. The van der Waals surface area contributed by atoms with Crippen LogP contribution in [0.1, 0.15) is 11.3 Å². The Bertz CT molecular complexity index is 1020. The van der Waals surface area contributed by atoms with Gasteiger partial charge in [-0.05, 0) is 29.3 Å². The summed E-state index contributed by atoms with van der Waals surface area (Å²) >= 11 is 11.9. The maximum Gasteiger partial charge on any atom is 0.310 e. The van der Waals surface area contributed by atoms with Crippen molar-refractivity contribution >= 4 is 51.7 Å². The summed E-state index contributed by atoms with van der Waals surface area (Å²) in [5.41, 5.74) is 1.35. The minimum Gasteiger partial charge on any atom is -0.455 e. The molecule has 0 unspecified atom stereocenters. The number of rotatable bonds is 5. The zero-order valence-electron chi connectivity index (χ0n) is 14.5. The van der Waals surface area contributed by atoms with Crippen molar-refractivity contribution < 1.29 is 14.3 Å². The first-order valence-corrected chi connectivity index (χ1v) is 8.94. The minimum absolute atomic E-state index is 0.0805. The standard InChI is InChI=1S/C20H16Cl2N2O3/c1-12-16(21)10-17(22)20(23-12)24-18(25)11-27-19(26)9-13-6-7-14-4-2-3-5-15(14)8-13/h2-8,10H,9,11H2,1H3,(H,23,24,25). The number of aryl methyl sites for hydroxylation is 1. The van der Waals surface area contributed by atoms with E-state index >= 15 is 0 Å². The molecule has 0 spiro atoms. The van der Waals surface area contributed by atoms with Gasteiger partial charge in [-0.3, -0.25) is 9.59 Å². The molecule has 0 aliphatic carbocycles. The van der Waals surface area contributed by atoms with E-state index in [0.29, 0.717) is 10.7 Å². The Hall–Kier alpha value is -2.63. The molecule has 5 nitrogen and oxygen atoms in total. The summed E-state index contributed by atoms with van der Waals surface area (Å²) in [5.74, 6) is -0.848. The minimum atomic E-state index is -0.530. The Kier molecular flexibility index (Phi) is 5.94. The molecule has 27 heavy (non-hydrogen) atoms. The van der Waals surface area contributed by atoms with Crippen molar-refractivity contribution in [2.75, 3.05) is 11.9 Å². The highest BCUT2D eigenvalue weighted by molar-refractivity contribution is 6.36. The summed E-state index contributed by atoms with van der Waals surface area (Å²) in [5, 5.41) is 5.25. The lowest BCUT2D eigenvalue weighted by atomic mass is 10.1. The predicted molar refractivity (Wildman–Crippen MR) is 106 cm³/mol. The van der Waals surface area contributed by atoms with Crippen molar-refractivity contribution in [2.24, 2.45) is 0 Å². The quantitative estimate of drug-likeness (QED) is 0.634. The molecule has 0 aliphatic heterocycles. The van der Waals surface area contributed by atoms with Crippen molar-refractivity contribution in [3.05, 3.63) is 69.8 Å². The second-order valence-corrected chi connectivity index (χ2v) is 6.77. The number of ether oxygens (including phenoxy) is 1. The molecule has 0 bridgehead atoms. The summed E-state index contributed by atoms with van der Waals surface area (Å²) < 4.78 is 5.04. The molecule has 0 saturated carbocycles. The molecule has 1 N–H and O–H groups in total. The molecule has 1 aromatic heterocycles. The predicted octanol–water partition coefficient (Wildman–Crippen LogP) is 4.57. The molecule has 7 heteroatoms. The molecular formula is C20H16Cl2N2O3. The van der Waals surface area contributed by atoms with Crippen LogP contribution in [0.3, 0.4) is 0 Å². The monoisotopic (exact) mass is 402 g/mol. The first kappa shape index (κ1) is 19.1. The second-order valence-electron chi connectivity index (χ2n) is 5.95. The van der Waals surface area contributed by atoms with Gasteiger partial charge in [0.25, 0.3) is 5.91 Å². The fourth-order valence-electron chi connectivity index (χ4n) is 2.53. The normalized spacial score (nSPS) is 10.6. The number of carbonyl (C=O) groups excluding carboxylic acids is 2. The van der Waals surface area contributed by atoms with Crippen molar-refractivity contribution in [2.45, 2.75) is 13.3 Å². The van der Waals surface area contributed by atoms with E-state index in [1.807, 2.05) is 42.5 Å². The second kappa shape index (κ2) is 8.37. The fraction of sp³-hybridized carbons (Fsp3) is 0.150. The van der Waals surface area contributed by atoms with E-state index in [0.717, 1.165) is 16.3 Å². The van der Waals surface area contributed by atoms with Gasteiger partial charge in [0, 0.05) is 0 Å². The maximum atomic E-state index is 12.0. The SMILES string of the molecule is Cc1nc(NC(=O)COC(=O)Cc2ccc3ccccc3c2)c(Cl)cc1Cl. The number of anilines is 1. The van der Waals surface area contributed by atoms with Gasteiger partial charge in [-0.15, -0.1) is 0 Å². The number of hydrogen-bond acceptors (Lipinski definition) is 4. The lowest BCUT2D eigenvalue weighted by Gasteiger charge is -2.09. The number of halogens is 2. The number of fused-ring (bicyclic) bond motifs is 1. The van der Waals surface area contributed by atoms with E-state index in [4.69, 9.17) is 27.9 Å². The Morgan fingerprint density at radius 3 is 2.56 bits per heavy atom. The zero-order chi connectivity index (χ0) is 19.4. The van der Waals surface area contributed by atoms with Crippen LogP contribution in [0, 0.1) is 6.92 Å². The fourth-order valence-corrected chi connectivity index (χ4v) is 2.93. The van der Waals surface area contributed by atoms with Crippen LogP contribution >= 0.6 is 23.2 Å². The summed E-state index contributed by atoms with van der Waals surface area (Å²) in [6, 6.07) is 15.1. The van der Waals surface area contributed by atoms with Gasteiger partial charge in [-0.25, -0.2) is 4.98 Å². The zero-order valence-corrected chi connectivity index (χ0v) is 16.0. The van der Waals surface area contributed by atoms with Crippen molar-refractivity contribution in [1.82, 2.24) is 4.98 Å². The van der Waals surface area contributed by atoms with Gasteiger partial charge in [0.2, 0.25) is 0 Å². The van der Waals surface area contributed by atoms with Gasteiger partial charge in [0.15, 0.2) is 12.4 Å². The Labute approximate surface area is 166 Å². The van der Waals surface area contributed by atoms with Crippen LogP contribution in [0.4, 0.5) is 5.82 Å². The van der Waals surface area contributed by atoms with Crippen LogP contribution in [0.15, 0.2) is 48.5 Å². The Morgan fingerprint density at radius 1 is 1.04 bits per heavy atom. The highest BCUT2D eigenvalue weighted by Gasteiger charge is 2.13. The number of pyridine rings is 1. The van der Waals surface area contributed by atoms with Crippen molar-refractivity contribution in [3.63, 3.8) is 0 Å². The van der Waals surface area contributed by atoms with Crippen LogP contribution in [-0.4, -0.2) is 23.5 Å². The van der Waals surface area contributed by atoms with E-state index in [1.165, 1.54) is 6.07 Å². The Morgan fingerprint density at radius 2 is 1.78 bits per heavy atom. The van der Waals surface area contributed by atoms with Gasteiger partial charge in [-0.2, -0.15) is 0 Å². The first-order valence-electron chi connectivity index (χ1n) is 8.18. The van der Waals surface area contributed by atoms with Gasteiger partial charge in [0.1, 0.15) is 0 Å². The average Bonchev–Trinajstić information content (AvgIpc) is 2.64. The van der Waals surface area contributed by atoms with E-state index in [-0.39, 0.29) is 17.3 Å².